The highest BCUT2D eigenvalue weighted by Gasteiger charge is 2.21. The molecule has 2 aromatic heterocycles. The third kappa shape index (κ3) is 5.28. The Morgan fingerprint density at radius 1 is 1.14 bits per heavy atom. The Kier molecular flexibility index (Phi) is 7.04. The van der Waals surface area contributed by atoms with E-state index in [0.717, 1.165) is 11.3 Å². The van der Waals surface area contributed by atoms with Gasteiger partial charge in [0, 0.05) is 13.6 Å². The predicted octanol–water partition coefficient (Wildman–Crippen LogP) is 3.40. The van der Waals surface area contributed by atoms with Gasteiger partial charge in [0.25, 0.3) is 5.56 Å². The molecule has 0 atom stereocenters. The summed E-state index contributed by atoms with van der Waals surface area (Å²) in [5, 5.41) is 4.49. The number of nitrogens with zero attached hydrogens (tertiary/aromatic N) is 3. The van der Waals surface area contributed by atoms with Crippen LogP contribution in [0, 0.1) is 5.92 Å². The van der Waals surface area contributed by atoms with Crippen LogP contribution in [0.5, 0.6) is 5.75 Å². The molecule has 0 spiro atoms. The standard InChI is InChI=1S/C25H29N5O4S/c1-5-34-21-12-11-18(35(32,33)26-15-17-9-7-6-8-10-17)14-19(21)24-27-22-20(13-16(2)3)29-30(4)23(22)25(31)28-24/h6-12,14,16,26H,5,13,15H2,1-4H3,(H,27,28,31). The molecule has 184 valence electrons. The van der Waals surface area contributed by atoms with Gasteiger partial charge in [0.15, 0.2) is 5.52 Å². The minimum absolute atomic E-state index is 0.0446. The van der Waals surface area contributed by atoms with Crippen molar-refractivity contribution < 1.29 is 13.2 Å². The molecule has 0 amide bonds. The molecule has 2 heterocycles. The van der Waals surface area contributed by atoms with E-state index in [0.29, 0.717) is 41.3 Å². The van der Waals surface area contributed by atoms with Gasteiger partial charge in [-0.05, 0) is 43.0 Å². The minimum atomic E-state index is -3.84. The number of aromatic nitrogens is 4. The molecule has 0 saturated heterocycles. The molecule has 0 saturated carbocycles. The molecule has 2 aromatic carbocycles. The van der Waals surface area contributed by atoms with Gasteiger partial charge in [-0.2, -0.15) is 5.10 Å². The van der Waals surface area contributed by atoms with Crippen LogP contribution < -0.4 is 15.0 Å². The van der Waals surface area contributed by atoms with E-state index in [-0.39, 0.29) is 22.8 Å². The first kappa shape index (κ1) is 24.6. The number of nitrogens with one attached hydrogen (secondary N) is 2. The third-order valence-electron chi connectivity index (χ3n) is 5.49. The Morgan fingerprint density at radius 2 is 1.89 bits per heavy atom. The highest BCUT2D eigenvalue weighted by molar-refractivity contribution is 7.89. The van der Waals surface area contributed by atoms with E-state index in [1.165, 1.54) is 16.8 Å². The first-order chi connectivity index (χ1) is 16.7. The molecule has 35 heavy (non-hydrogen) atoms. The second-order valence-electron chi connectivity index (χ2n) is 8.68. The number of aryl methyl sites for hydroxylation is 1. The lowest BCUT2D eigenvalue weighted by atomic mass is 10.1. The smallest absolute Gasteiger partial charge is 0.277 e. The zero-order valence-corrected chi connectivity index (χ0v) is 21.0. The molecular weight excluding hydrogens is 466 g/mol. The zero-order chi connectivity index (χ0) is 25.2. The molecule has 4 aromatic rings. The number of rotatable bonds is 9. The fourth-order valence-electron chi connectivity index (χ4n) is 3.90. The number of aromatic amines is 1. The normalized spacial score (nSPS) is 11.9. The molecule has 0 unspecified atom stereocenters. The summed E-state index contributed by atoms with van der Waals surface area (Å²) in [4.78, 5) is 20.5. The van der Waals surface area contributed by atoms with Crippen LogP contribution >= 0.6 is 0 Å². The van der Waals surface area contributed by atoms with Crippen LogP contribution in [0.4, 0.5) is 0 Å². The fourth-order valence-corrected chi connectivity index (χ4v) is 4.94. The van der Waals surface area contributed by atoms with Gasteiger partial charge in [-0.25, -0.2) is 18.1 Å². The second-order valence-corrected chi connectivity index (χ2v) is 10.4. The number of fused-ring (bicyclic) bond motifs is 1. The summed E-state index contributed by atoms with van der Waals surface area (Å²) in [5.74, 6) is 0.969. The summed E-state index contributed by atoms with van der Waals surface area (Å²) >= 11 is 0. The SMILES string of the molecule is CCOc1ccc(S(=O)(=O)NCc2ccccc2)cc1-c1nc2c(CC(C)C)nn(C)c2c(=O)[nH]1. The van der Waals surface area contributed by atoms with E-state index >= 15 is 0 Å². The van der Waals surface area contributed by atoms with Gasteiger partial charge < -0.3 is 9.72 Å². The molecule has 0 aliphatic rings. The van der Waals surface area contributed by atoms with Gasteiger partial charge in [-0.1, -0.05) is 44.2 Å². The van der Waals surface area contributed by atoms with E-state index in [4.69, 9.17) is 9.72 Å². The molecule has 2 N–H and O–H groups in total. The van der Waals surface area contributed by atoms with Gasteiger partial charge in [-0.15, -0.1) is 0 Å². The lowest BCUT2D eigenvalue weighted by molar-refractivity contribution is 0.341. The zero-order valence-electron chi connectivity index (χ0n) is 20.2. The van der Waals surface area contributed by atoms with Crippen molar-refractivity contribution in [2.45, 2.75) is 38.6 Å². The summed E-state index contributed by atoms with van der Waals surface area (Å²) in [6.45, 7) is 6.48. The molecule has 0 fully saturated rings. The van der Waals surface area contributed by atoms with Crippen molar-refractivity contribution in [1.29, 1.82) is 0 Å². The van der Waals surface area contributed by atoms with Crippen molar-refractivity contribution in [2.24, 2.45) is 13.0 Å². The van der Waals surface area contributed by atoms with Crippen LogP contribution in [0.2, 0.25) is 0 Å². The maximum atomic E-state index is 13.1. The summed E-state index contributed by atoms with van der Waals surface area (Å²) in [6.07, 6.45) is 0.656. The van der Waals surface area contributed by atoms with Crippen LogP contribution in [-0.2, 0) is 30.0 Å². The maximum absolute atomic E-state index is 13.1. The van der Waals surface area contributed by atoms with Crippen molar-refractivity contribution >= 4 is 21.1 Å². The Morgan fingerprint density at radius 3 is 2.57 bits per heavy atom. The monoisotopic (exact) mass is 495 g/mol. The first-order valence-corrected chi connectivity index (χ1v) is 12.9. The molecule has 9 nitrogen and oxygen atoms in total. The van der Waals surface area contributed by atoms with E-state index in [1.807, 2.05) is 37.3 Å². The van der Waals surface area contributed by atoms with Crippen LogP contribution in [0.3, 0.4) is 0 Å². The van der Waals surface area contributed by atoms with E-state index in [2.05, 4.69) is 28.7 Å². The average molecular weight is 496 g/mol. The lowest BCUT2D eigenvalue weighted by Crippen LogP contribution is -2.23. The fraction of sp³-hybridized carbons (Fsp3) is 0.320. The van der Waals surface area contributed by atoms with Crippen LogP contribution in [0.25, 0.3) is 22.4 Å². The van der Waals surface area contributed by atoms with Crippen molar-refractivity contribution in [3.63, 3.8) is 0 Å². The van der Waals surface area contributed by atoms with Crippen molar-refractivity contribution in [3.05, 3.63) is 70.1 Å². The average Bonchev–Trinajstić information content (AvgIpc) is 3.13. The van der Waals surface area contributed by atoms with Gasteiger partial charge in [0.1, 0.15) is 17.1 Å². The van der Waals surface area contributed by atoms with Crippen LogP contribution in [0.1, 0.15) is 32.0 Å². The predicted molar refractivity (Wildman–Crippen MR) is 135 cm³/mol. The highest BCUT2D eigenvalue weighted by Crippen LogP contribution is 2.31. The number of hydrogen-bond acceptors (Lipinski definition) is 6. The summed E-state index contributed by atoms with van der Waals surface area (Å²) in [5.41, 5.74) is 2.46. The topological polar surface area (TPSA) is 119 Å². The number of sulfonamides is 1. The molecule has 0 radical (unpaired) electrons. The van der Waals surface area contributed by atoms with Crippen LogP contribution in [0.15, 0.2) is 58.2 Å². The van der Waals surface area contributed by atoms with E-state index in [9.17, 15) is 13.2 Å². The van der Waals surface area contributed by atoms with E-state index < -0.39 is 10.0 Å². The number of ether oxygens (including phenoxy) is 1. The Labute approximate surface area is 204 Å². The molecule has 10 heteroatoms. The summed E-state index contributed by atoms with van der Waals surface area (Å²) in [6, 6.07) is 13.8. The number of H-pyrrole nitrogens is 1. The second kappa shape index (κ2) is 10.0. The van der Waals surface area contributed by atoms with Gasteiger partial charge in [-0.3, -0.25) is 9.48 Å². The Hall–Kier alpha value is -3.50. The van der Waals surface area contributed by atoms with Crippen molar-refractivity contribution in [3.8, 4) is 17.1 Å². The quantitative estimate of drug-likeness (QED) is 0.367. The molecule has 0 aliphatic carbocycles. The van der Waals surface area contributed by atoms with Crippen molar-refractivity contribution in [2.75, 3.05) is 6.61 Å². The maximum Gasteiger partial charge on any atom is 0.277 e. The third-order valence-corrected chi connectivity index (χ3v) is 6.89. The Balaban J connectivity index is 1.80. The largest absolute Gasteiger partial charge is 0.493 e. The van der Waals surface area contributed by atoms with Crippen LogP contribution in [-0.4, -0.2) is 34.8 Å². The summed E-state index contributed by atoms with van der Waals surface area (Å²) < 4.78 is 36.0. The Bertz CT molecular complexity index is 1510. The molecule has 4 rings (SSSR count). The van der Waals surface area contributed by atoms with Gasteiger partial charge in [0.05, 0.1) is 22.8 Å². The minimum Gasteiger partial charge on any atom is -0.493 e. The first-order valence-electron chi connectivity index (χ1n) is 11.5. The van der Waals surface area contributed by atoms with Gasteiger partial charge >= 0.3 is 0 Å². The highest BCUT2D eigenvalue weighted by atomic mass is 32.2. The molecular formula is C25H29N5O4S. The van der Waals surface area contributed by atoms with Crippen molar-refractivity contribution in [1.82, 2.24) is 24.5 Å². The summed E-state index contributed by atoms with van der Waals surface area (Å²) in [7, 11) is -2.13. The molecule has 0 aliphatic heterocycles. The number of hydrogen-bond donors (Lipinski definition) is 2. The number of benzene rings is 2. The van der Waals surface area contributed by atoms with Gasteiger partial charge in [0.2, 0.25) is 10.0 Å². The lowest BCUT2D eigenvalue weighted by Gasteiger charge is -2.13. The molecule has 0 bridgehead atoms. The van der Waals surface area contributed by atoms with E-state index in [1.54, 1.807) is 13.1 Å².